The van der Waals surface area contributed by atoms with Crippen LogP contribution >= 0.6 is 0 Å². The number of pyridine rings is 1. The largest absolute Gasteiger partial charge is 0.348 e. The van der Waals surface area contributed by atoms with Gasteiger partial charge in [0.25, 0.3) is 5.91 Å². The van der Waals surface area contributed by atoms with Crippen LogP contribution in [0.1, 0.15) is 42.7 Å². The Hall–Kier alpha value is -1.94. The van der Waals surface area contributed by atoms with Gasteiger partial charge in [0.15, 0.2) is 0 Å². The topological polar surface area (TPSA) is 68.0 Å². The van der Waals surface area contributed by atoms with Gasteiger partial charge in [-0.05, 0) is 25.0 Å². The Kier molecular flexibility index (Phi) is 4.35. The lowest BCUT2D eigenvalue weighted by molar-refractivity contribution is 0.0943. The monoisotopic (exact) mass is 271 g/mol. The molecule has 20 heavy (non-hydrogen) atoms. The van der Waals surface area contributed by atoms with Crippen molar-refractivity contribution in [2.24, 2.45) is 5.73 Å². The second-order valence-corrected chi connectivity index (χ2v) is 5.38. The molecule has 4 nitrogen and oxygen atoms in total. The average molecular weight is 271 g/mol. The Labute approximate surface area is 119 Å². The molecule has 0 aliphatic heterocycles. The van der Waals surface area contributed by atoms with Crippen LogP contribution < -0.4 is 11.1 Å². The molecule has 1 atom stereocenters. The number of benzene rings is 1. The molecule has 106 valence electrons. The highest BCUT2D eigenvalue weighted by atomic mass is 16.1. The number of aromatic nitrogens is 1. The highest BCUT2D eigenvalue weighted by molar-refractivity contribution is 6.06. The van der Waals surface area contributed by atoms with Crippen molar-refractivity contribution in [2.75, 3.05) is 6.54 Å². The van der Waals surface area contributed by atoms with E-state index in [0.717, 1.165) is 16.6 Å². The van der Waals surface area contributed by atoms with Gasteiger partial charge >= 0.3 is 0 Å². The standard InChI is InChI=1S/C16H21N3O/c1-10(2)15-8-13(16(20)18-11(3)9-17)12-6-4-5-7-14(12)19-15/h4-8,10-11H,9,17H2,1-3H3,(H,18,20)/t11-/m0/s1. The first-order valence-electron chi connectivity index (χ1n) is 6.93. The molecule has 4 heteroatoms. The van der Waals surface area contributed by atoms with Crippen LogP contribution in [0.25, 0.3) is 10.9 Å². The number of nitrogens with one attached hydrogen (secondary N) is 1. The van der Waals surface area contributed by atoms with E-state index in [1.165, 1.54) is 0 Å². The summed E-state index contributed by atoms with van der Waals surface area (Å²) in [5.74, 6) is 0.182. The molecule has 0 aliphatic rings. The minimum Gasteiger partial charge on any atom is -0.348 e. The maximum absolute atomic E-state index is 12.4. The number of hydrogen-bond acceptors (Lipinski definition) is 3. The van der Waals surface area contributed by atoms with Gasteiger partial charge in [0, 0.05) is 23.7 Å². The molecule has 2 aromatic rings. The van der Waals surface area contributed by atoms with Gasteiger partial charge < -0.3 is 11.1 Å². The Balaban J connectivity index is 2.52. The lowest BCUT2D eigenvalue weighted by atomic mass is 10.0. The maximum atomic E-state index is 12.4. The van der Waals surface area contributed by atoms with Crippen molar-refractivity contribution >= 4 is 16.8 Å². The number of carbonyl (C=O) groups is 1. The summed E-state index contributed by atoms with van der Waals surface area (Å²) in [7, 11) is 0. The fourth-order valence-electron chi connectivity index (χ4n) is 2.04. The minimum atomic E-state index is -0.0940. The van der Waals surface area contributed by atoms with Crippen LogP contribution in [-0.4, -0.2) is 23.5 Å². The van der Waals surface area contributed by atoms with Crippen LogP contribution in [0.2, 0.25) is 0 Å². The van der Waals surface area contributed by atoms with Gasteiger partial charge in [0.2, 0.25) is 0 Å². The fourth-order valence-corrected chi connectivity index (χ4v) is 2.04. The molecule has 0 saturated carbocycles. The second kappa shape index (κ2) is 6.01. The number of para-hydroxylation sites is 1. The molecule has 0 bridgehead atoms. The molecule has 1 heterocycles. The zero-order chi connectivity index (χ0) is 14.7. The van der Waals surface area contributed by atoms with Gasteiger partial charge in [0.05, 0.1) is 11.1 Å². The summed E-state index contributed by atoms with van der Waals surface area (Å²) < 4.78 is 0. The molecule has 0 saturated heterocycles. The normalized spacial score (nSPS) is 12.7. The Bertz CT molecular complexity index is 622. The Morgan fingerprint density at radius 1 is 1.30 bits per heavy atom. The van der Waals surface area contributed by atoms with E-state index >= 15 is 0 Å². The van der Waals surface area contributed by atoms with E-state index in [9.17, 15) is 4.79 Å². The van der Waals surface area contributed by atoms with Crippen molar-refractivity contribution in [3.05, 3.63) is 41.6 Å². The number of nitrogens with zero attached hydrogens (tertiary/aromatic N) is 1. The average Bonchev–Trinajstić information content (AvgIpc) is 2.45. The Morgan fingerprint density at radius 3 is 2.65 bits per heavy atom. The van der Waals surface area contributed by atoms with Crippen LogP contribution in [0.15, 0.2) is 30.3 Å². The molecule has 0 unspecified atom stereocenters. The van der Waals surface area contributed by atoms with Gasteiger partial charge in [-0.25, -0.2) is 0 Å². The van der Waals surface area contributed by atoms with Crippen molar-refractivity contribution in [1.29, 1.82) is 0 Å². The molecular weight excluding hydrogens is 250 g/mol. The molecule has 0 spiro atoms. The van der Waals surface area contributed by atoms with Gasteiger partial charge in [-0.15, -0.1) is 0 Å². The quantitative estimate of drug-likeness (QED) is 0.897. The van der Waals surface area contributed by atoms with E-state index in [0.29, 0.717) is 12.1 Å². The number of amides is 1. The van der Waals surface area contributed by atoms with Gasteiger partial charge in [0.1, 0.15) is 0 Å². The molecule has 0 aliphatic carbocycles. The van der Waals surface area contributed by atoms with E-state index in [4.69, 9.17) is 5.73 Å². The van der Waals surface area contributed by atoms with Gasteiger partial charge in [-0.3, -0.25) is 9.78 Å². The van der Waals surface area contributed by atoms with Crippen molar-refractivity contribution in [1.82, 2.24) is 10.3 Å². The summed E-state index contributed by atoms with van der Waals surface area (Å²) in [6.07, 6.45) is 0. The summed E-state index contributed by atoms with van der Waals surface area (Å²) in [5.41, 5.74) is 8.00. The lowest BCUT2D eigenvalue weighted by Gasteiger charge is -2.14. The molecule has 2 rings (SSSR count). The minimum absolute atomic E-state index is 0.0445. The molecule has 1 aromatic carbocycles. The van der Waals surface area contributed by atoms with Crippen molar-refractivity contribution < 1.29 is 4.79 Å². The summed E-state index contributed by atoms with van der Waals surface area (Å²) in [6, 6.07) is 9.55. The van der Waals surface area contributed by atoms with Crippen molar-refractivity contribution in [3.8, 4) is 0 Å². The maximum Gasteiger partial charge on any atom is 0.252 e. The second-order valence-electron chi connectivity index (χ2n) is 5.38. The SMILES string of the molecule is CC(C)c1cc(C(=O)N[C@@H](C)CN)c2ccccc2n1. The van der Waals surface area contributed by atoms with Gasteiger partial charge in [-0.1, -0.05) is 32.0 Å². The summed E-state index contributed by atoms with van der Waals surface area (Å²) in [4.78, 5) is 17.0. The van der Waals surface area contributed by atoms with Crippen LogP contribution in [0.3, 0.4) is 0 Å². The predicted molar refractivity (Wildman–Crippen MR) is 81.8 cm³/mol. The number of hydrogen-bond donors (Lipinski definition) is 2. The first-order chi connectivity index (χ1) is 9.52. The third kappa shape index (κ3) is 2.96. The highest BCUT2D eigenvalue weighted by Crippen LogP contribution is 2.22. The van der Waals surface area contributed by atoms with Gasteiger partial charge in [-0.2, -0.15) is 0 Å². The van der Waals surface area contributed by atoms with E-state index in [2.05, 4.69) is 24.1 Å². The third-order valence-electron chi connectivity index (χ3n) is 3.30. The smallest absolute Gasteiger partial charge is 0.252 e. The molecular formula is C16H21N3O. The Morgan fingerprint density at radius 2 is 2.00 bits per heavy atom. The van der Waals surface area contributed by atoms with Crippen LogP contribution in [0.4, 0.5) is 0 Å². The molecule has 1 aromatic heterocycles. The van der Waals surface area contributed by atoms with Crippen molar-refractivity contribution in [3.63, 3.8) is 0 Å². The number of rotatable bonds is 4. The third-order valence-corrected chi connectivity index (χ3v) is 3.30. The summed E-state index contributed by atoms with van der Waals surface area (Å²) >= 11 is 0. The number of nitrogens with two attached hydrogens (primary N) is 1. The molecule has 0 radical (unpaired) electrons. The van der Waals surface area contributed by atoms with E-state index in [1.54, 1.807) is 0 Å². The first-order valence-corrected chi connectivity index (χ1v) is 6.93. The highest BCUT2D eigenvalue weighted by Gasteiger charge is 2.15. The van der Waals surface area contributed by atoms with Crippen molar-refractivity contribution in [2.45, 2.75) is 32.7 Å². The fraction of sp³-hybridized carbons (Fsp3) is 0.375. The number of carbonyl (C=O) groups excluding carboxylic acids is 1. The van der Waals surface area contributed by atoms with Crippen LogP contribution in [-0.2, 0) is 0 Å². The van der Waals surface area contributed by atoms with Crippen LogP contribution in [0.5, 0.6) is 0 Å². The summed E-state index contributed by atoms with van der Waals surface area (Å²) in [6.45, 7) is 6.46. The van der Waals surface area contributed by atoms with Crippen LogP contribution in [0, 0.1) is 0 Å². The lowest BCUT2D eigenvalue weighted by Crippen LogP contribution is -2.37. The van der Waals surface area contributed by atoms with E-state index in [1.807, 2.05) is 37.3 Å². The van der Waals surface area contributed by atoms with E-state index in [-0.39, 0.29) is 17.9 Å². The molecule has 3 N–H and O–H groups in total. The molecule has 1 amide bonds. The van der Waals surface area contributed by atoms with E-state index < -0.39 is 0 Å². The first kappa shape index (κ1) is 14.5. The predicted octanol–water partition coefficient (Wildman–Crippen LogP) is 2.44. The number of fused-ring (bicyclic) bond motifs is 1. The zero-order valence-corrected chi connectivity index (χ0v) is 12.2. The zero-order valence-electron chi connectivity index (χ0n) is 12.2. The summed E-state index contributed by atoms with van der Waals surface area (Å²) in [5, 5.41) is 3.79. The molecule has 0 fully saturated rings.